The molecule has 2 aromatic rings. The van der Waals surface area contributed by atoms with Crippen molar-refractivity contribution in [1.29, 1.82) is 0 Å². The number of hydrogen-bond acceptors (Lipinski definition) is 4. The number of tetrazole rings is 1. The molecule has 0 saturated carbocycles. The molecule has 0 spiro atoms. The summed E-state index contributed by atoms with van der Waals surface area (Å²) < 4.78 is 0. The van der Waals surface area contributed by atoms with Gasteiger partial charge in [0.15, 0.2) is 6.33 Å². The molecule has 0 aromatic carbocycles. The van der Waals surface area contributed by atoms with Crippen LogP contribution in [-0.2, 0) is 0 Å². The normalized spacial score (nSPS) is 9.82. The van der Waals surface area contributed by atoms with Gasteiger partial charge in [-0.15, -0.1) is 15.0 Å². The van der Waals surface area contributed by atoms with E-state index in [1.165, 1.54) is 11.1 Å². The van der Waals surface area contributed by atoms with Gasteiger partial charge in [-0.25, -0.2) is 0 Å². The van der Waals surface area contributed by atoms with Crippen molar-refractivity contribution < 1.29 is 0 Å². The first kappa shape index (κ1) is 5.96. The fourth-order valence-electron chi connectivity index (χ4n) is 0.707. The zero-order valence-corrected chi connectivity index (χ0v) is 5.55. The lowest BCUT2D eigenvalue weighted by atomic mass is 10.4. The van der Waals surface area contributed by atoms with Gasteiger partial charge in [0.05, 0.1) is 0 Å². The predicted molar refractivity (Wildman–Crippen MR) is 35.8 cm³/mol. The Morgan fingerprint density at radius 2 is 2.45 bits per heavy atom. The second kappa shape index (κ2) is 2.45. The van der Waals surface area contributed by atoms with E-state index in [4.69, 9.17) is 0 Å². The summed E-state index contributed by atoms with van der Waals surface area (Å²) in [7, 11) is 0. The Balaban J connectivity index is 2.46. The number of hydrogen-bond donors (Lipinski definition) is 0. The standard InChI is InChI=1S/C6H4N5/c1-2-6(4-7-3-1)11-9-5-8-10-11/h1-3,5H. The fourth-order valence-corrected chi connectivity index (χ4v) is 0.707. The minimum atomic E-state index is 0.685. The molecule has 0 bridgehead atoms. The third-order valence-corrected chi connectivity index (χ3v) is 1.16. The van der Waals surface area contributed by atoms with Gasteiger partial charge in [0.1, 0.15) is 11.9 Å². The van der Waals surface area contributed by atoms with Crippen molar-refractivity contribution >= 4 is 0 Å². The highest BCUT2D eigenvalue weighted by atomic mass is 15.6. The predicted octanol–water partition coefficient (Wildman–Crippen LogP) is -0.143. The van der Waals surface area contributed by atoms with Crippen LogP contribution in [0.5, 0.6) is 0 Å². The summed E-state index contributed by atoms with van der Waals surface area (Å²) in [4.78, 5) is 5.14. The first-order valence-electron chi connectivity index (χ1n) is 3.03. The van der Waals surface area contributed by atoms with E-state index in [9.17, 15) is 0 Å². The van der Waals surface area contributed by atoms with Gasteiger partial charge in [-0.3, -0.25) is 4.98 Å². The molecule has 0 aliphatic heterocycles. The maximum atomic E-state index is 3.81. The van der Waals surface area contributed by atoms with Crippen LogP contribution in [0.1, 0.15) is 0 Å². The number of aromatic nitrogens is 5. The largest absolute Gasteiger partial charge is 0.252 e. The van der Waals surface area contributed by atoms with Gasteiger partial charge < -0.3 is 0 Å². The van der Waals surface area contributed by atoms with Crippen molar-refractivity contribution in [2.75, 3.05) is 0 Å². The molecule has 53 valence electrons. The molecular weight excluding hydrogens is 142 g/mol. The van der Waals surface area contributed by atoms with E-state index in [1.807, 2.05) is 0 Å². The van der Waals surface area contributed by atoms with Crippen LogP contribution >= 0.6 is 0 Å². The Bertz CT molecular complexity index is 314. The van der Waals surface area contributed by atoms with Crippen LogP contribution in [0.4, 0.5) is 0 Å². The van der Waals surface area contributed by atoms with Crippen LogP contribution in [0.25, 0.3) is 5.69 Å². The van der Waals surface area contributed by atoms with Gasteiger partial charge in [0.2, 0.25) is 0 Å². The minimum absolute atomic E-state index is 0.685. The summed E-state index contributed by atoms with van der Waals surface area (Å²) in [6.45, 7) is 0. The van der Waals surface area contributed by atoms with Gasteiger partial charge in [-0.2, -0.15) is 0 Å². The molecule has 0 N–H and O–H groups in total. The summed E-state index contributed by atoms with van der Waals surface area (Å²) in [5, 5.41) is 11.0. The van der Waals surface area contributed by atoms with E-state index in [2.05, 4.69) is 26.6 Å². The third-order valence-electron chi connectivity index (χ3n) is 1.16. The molecule has 5 heteroatoms. The number of rotatable bonds is 1. The highest BCUT2D eigenvalue weighted by molar-refractivity contribution is 5.21. The zero-order chi connectivity index (χ0) is 7.52. The van der Waals surface area contributed by atoms with Crippen molar-refractivity contribution in [3.8, 4) is 5.69 Å². The second-order valence-electron chi connectivity index (χ2n) is 1.86. The van der Waals surface area contributed by atoms with Crippen LogP contribution in [0.3, 0.4) is 0 Å². The Hall–Kier alpha value is -1.78. The molecule has 2 heterocycles. The second-order valence-corrected chi connectivity index (χ2v) is 1.86. The van der Waals surface area contributed by atoms with E-state index < -0.39 is 0 Å². The molecular formula is C6H4N5. The minimum Gasteiger partial charge on any atom is -0.252 e. The molecule has 0 aliphatic carbocycles. The number of pyridine rings is 1. The lowest BCUT2D eigenvalue weighted by molar-refractivity contribution is 0.715. The summed E-state index contributed by atoms with van der Waals surface area (Å²) in [5.74, 6) is 0. The molecule has 11 heavy (non-hydrogen) atoms. The van der Waals surface area contributed by atoms with E-state index in [0.29, 0.717) is 5.69 Å². The van der Waals surface area contributed by atoms with Gasteiger partial charge in [-0.05, 0) is 17.3 Å². The van der Waals surface area contributed by atoms with Crippen LogP contribution in [0.2, 0.25) is 0 Å². The molecule has 0 fully saturated rings. The summed E-state index contributed by atoms with van der Waals surface area (Å²) >= 11 is 0. The Morgan fingerprint density at radius 1 is 1.45 bits per heavy atom. The van der Waals surface area contributed by atoms with E-state index in [0.717, 1.165) is 0 Å². The Labute approximate surface area is 62.7 Å². The van der Waals surface area contributed by atoms with Crippen LogP contribution in [0.15, 0.2) is 24.7 Å². The molecule has 2 rings (SSSR count). The van der Waals surface area contributed by atoms with E-state index in [-0.39, 0.29) is 0 Å². The highest BCUT2D eigenvalue weighted by Crippen LogP contribution is 1.96. The molecule has 1 radical (unpaired) electrons. The Morgan fingerprint density at radius 3 is 3.09 bits per heavy atom. The average Bonchev–Trinajstić information content (AvgIpc) is 2.58. The fraction of sp³-hybridized carbons (Fsp3) is 0. The van der Waals surface area contributed by atoms with Crippen LogP contribution in [0, 0.1) is 6.20 Å². The van der Waals surface area contributed by atoms with Crippen LogP contribution < -0.4 is 0 Å². The average molecular weight is 146 g/mol. The van der Waals surface area contributed by atoms with Crippen molar-refractivity contribution in [1.82, 2.24) is 25.2 Å². The molecule has 0 atom stereocenters. The van der Waals surface area contributed by atoms with Gasteiger partial charge in [-0.1, -0.05) is 0 Å². The van der Waals surface area contributed by atoms with Crippen molar-refractivity contribution in [2.45, 2.75) is 0 Å². The summed E-state index contributed by atoms with van der Waals surface area (Å²) in [5.41, 5.74) is 0.685. The molecule has 2 aromatic heterocycles. The van der Waals surface area contributed by atoms with E-state index in [1.54, 1.807) is 18.3 Å². The maximum absolute atomic E-state index is 3.81. The first-order valence-corrected chi connectivity index (χ1v) is 3.03. The topological polar surface area (TPSA) is 56.5 Å². The number of nitrogens with zero attached hydrogens (tertiary/aromatic N) is 5. The zero-order valence-electron chi connectivity index (χ0n) is 5.55. The lowest BCUT2D eigenvalue weighted by Gasteiger charge is -1.92. The van der Waals surface area contributed by atoms with Crippen LogP contribution in [-0.4, -0.2) is 25.2 Å². The van der Waals surface area contributed by atoms with Gasteiger partial charge >= 0.3 is 0 Å². The molecule has 0 amide bonds. The third kappa shape index (κ3) is 1.07. The SMILES string of the molecule is [c]1ncccc1-n1ncnn1. The quantitative estimate of drug-likeness (QED) is 0.561. The first-order chi connectivity index (χ1) is 5.47. The molecule has 0 unspecified atom stereocenters. The highest BCUT2D eigenvalue weighted by Gasteiger charge is 1.95. The Kier molecular flexibility index (Phi) is 1.33. The molecule has 5 nitrogen and oxygen atoms in total. The van der Waals surface area contributed by atoms with Crippen molar-refractivity contribution in [3.05, 3.63) is 30.9 Å². The summed E-state index contributed by atoms with van der Waals surface area (Å²) in [6, 6.07) is 3.59. The van der Waals surface area contributed by atoms with Crippen molar-refractivity contribution in [3.63, 3.8) is 0 Å². The molecule has 0 saturated heterocycles. The van der Waals surface area contributed by atoms with E-state index >= 15 is 0 Å². The maximum Gasteiger partial charge on any atom is 0.162 e. The summed E-state index contributed by atoms with van der Waals surface area (Å²) in [6.07, 6.45) is 5.72. The molecule has 0 aliphatic rings. The van der Waals surface area contributed by atoms with Crippen molar-refractivity contribution in [2.24, 2.45) is 0 Å². The van der Waals surface area contributed by atoms with Gasteiger partial charge in [0.25, 0.3) is 0 Å². The van der Waals surface area contributed by atoms with Gasteiger partial charge in [0, 0.05) is 6.20 Å². The lowest BCUT2D eigenvalue weighted by Crippen LogP contribution is -1.98. The smallest absolute Gasteiger partial charge is 0.162 e. The monoisotopic (exact) mass is 146 g/mol.